The van der Waals surface area contributed by atoms with E-state index in [1.165, 1.54) is 0 Å². The lowest BCUT2D eigenvalue weighted by molar-refractivity contribution is -0.131. The van der Waals surface area contributed by atoms with Crippen LogP contribution >= 0.6 is 0 Å². The molecular weight excluding hydrogens is 204 g/mol. The maximum Gasteiger partial charge on any atom is 0.223 e. The van der Waals surface area contributed by atoms with Gasteiger partial charge in [-0.15, -0.1) is 0 Å². The first-order valence-electron chi connectivity index (χ1n) is 5.63. The van der Waals surface area contributed by atoms with E-state index in [-0.39, 0.29) is 11.8 Å². The van der Waals surface area contributed by atoms with Gasteiger partial charge < -0.3 is 15.1 Å². The van der Waals surface area contributed by atoms with Crippen LogP contribution in [-0.2, 0) is 11.3 Å². The molecule has 1 amide bonds. The van der Waals surface area contributed by atoms with Gasteiger partial charge in [0.25, 0.3) is 0 Å². The molecule has 0 bridgehead atoms. The van der Waals surface area contributed by atoms with E-state index in [2.05, 4.69) is 6.92 Å². The van der Waals surface area contributed by atoms with Gasteiger partial charge in [-0.25, -0.2) is 0 Å². The van der Waals surface area contributed by atoms with Gasteiger partial charge in [0.2, 0.25) is 5.91 Å². The maximum atomic E-state index is 11.8. The highest BCUT2D eigenvalue weighted by molar-refractivity contribution is 5.76. The zero-order valence-corrected chi connectivity index (χ0v) is 9.98. The molecule has 0 radical (unpaired) electrons. The molecular formula is C12H20N2O2. The third kappa shape index (κ3) is 3.70. The van der Waals surface area contributed by atoms with E-state index in [1.54, 1.807) is 18.2 Å². The summed E-state index contributed by atoms with van der Waals surface area (Å²) in [5.41, 5.74) is 5.58. The van der Waals surface area contributed by atoms with Crippen LogP contribution in [0.5, 0.6) is 0 Å². The topological polar surface area (TPSA) is 59.5 Å². The van der Waals surface area contributed by atoms with Crippen molar-refractivity contribution in [2.75, 3.05) is 13.6 Å². The second-order valence-electron chi connectivity index (χ2n) is 4.04. The minimum Gasteiger partial charge on any atom is -0.467 e. The molecule has 4 nitrogen and oxygen atoms in total. The Hall–Kier alpha value is -1.29. The van der Waals surface area contributed by atoms with Gasteiger partial charge in [-0.3, -0.25) is 4.79 Å². The average molecular weight is 224 g/mol. The highest BCUT2D eigenvalue weighted by Crippen LogP contribution is 2.10. The number of carbonyl (C=O) groups excluding carboxylic acids is 1. The summed E-state index contributed by atoms with van der Waals surface area (Å²) in [7, 11) is 1.79. The van der Waals surface area contributed by atoms with E-state index in [0.717, 1.165) is 12.2 Å². The Balaban J connectivity index is 2.41. The summed E-state index contributed by atoms with van der Waals surface area (Å²) in [5, 5.41) is 0. The monoisotopic (exact) mass is 224 g/mol. The van der Waals surface area contributed by atoms with Gasteiger partial charge in [-0.1, -0.05) is 13.3 Å². The minimum atomic E-state index is 0.119. The Morgan fingerprint density at radius 1 is 1.62 bits per heavy atom. The lowest BCUT2D eigenvalue weighted by atomic mass is 10.0. The van der Waals surface area contributed by atoms with E-state index in [1.807, 2.05) is 12.1 Å². The van der Waals surface area contributed by atoms with E-state index in [9.17, 15) is 4.79 Å². The summed E-state index contributed by atoms with van der Waals surface area (Å²) < 4.78 is 5.19. The van der Waals surface area contributed by atoms with Crippen molar-refractivity contribution < 1.29 is 9.21 Å². The summed E-state index contributed by atoms with van der Waals surface area (Å²) >= 11 is 0. The Kier molecular flexibility index (Phi) is 5.05. The number of hydrogen-bond donors (Lipinski definition) is 1. The Bertz CT molecular complexity index is 305. The highest BCUT2D eigenvalue weighted by Gasteiger charge is 2.15. The molecule has 0 fully saturated rings. The van der Waals surface area contributed by atoms with Crippen LogP contribution in [0.1, 0.15) is 25.5 Å². The van der Waals surface area contributed by atoms with Crippen LogP contribution < -0.4 is 5.73 Å². The largest absolute Gasteiger partial charge is 0.467 e. The molecule has 0 aromatic carbocycles. The second-order valence-corrected chi connectivity index (χ2v) is 4.04. The van der Waals surface area contributed by atoms with Gasteiger partial charge >= 0.3 is 0 Å². The van der Waals surface area contributed by atoms with Crippen LogP contribution in [0.15, 0.2) is 22.8 Å². The summed E-state index contributed by atoms with van der Waals surface area (Å²) in [6.45, 7) is 3.14. The van der Waals surface area contributed by atoms with Gasteiger partial charge in [0.1, 0.15) is 5.76 Å². The molecule has 0 aliphatic rings. The van der Waals surface area contributed by atoms with Gasteiger partial charge in [0.05, 0.1) is 12.8 Å². The molecule has 1 heterocycles. The molecule has 0 saturated carbocycles. The second kappa shape index (κ2) is 6.33. The SMILES string of the molecule is CCC(CN)CC(=O)N(C)Cc1ccco1. The van der Waals surface area contributed by atoms with Crippen LogP contribution in [0.3, 0.4) is 0 Å². The predicted octanol–water partition coefficient (Wildman–Crippen LogP) is 1.61. The smallest absolute Gasteiger partial charge is 0.223 e. The number of rotatable bonds is 6. The fourth-order valence-electron chi connectivity index (χ4n) is 1.52. The van der Waals surface area contributed by atoms with Gasteiger partial charge in [-0.05, 0) is 24.6 Å². The van der Waals surface area contributed by atoms with Crippen molar-refractivity contribution in [3.8, 4) is 0 Å². The minimum absolute atomic E-state index is 0.119. The van der Waals surface area contributed by atoms with E-state index in [4.69, 9.17) is 10.2 Å². The van der Waals surface area contributed by atoms with E-state index >= 15 is 0 Å². The normalized spacial score (nSPS) is 12.4. The van der Waals surface area contributed by atoms with Crippen LogP contribution in [0.4, 0.5) is 0 Å². The first kappa shape index (κ1) is 12.8. The highest BCUT2D eigenvalue weighted by atomic mass is 16.3. The molecule has 0 spiro atoms. The van der Waals surface area contributed by atoms with Crippen molar-refractivity contribution in [2.45, 2.75) is 26.3 Å². The number of nitrogens with zero attached hydrogens (tertiary/aromatic N) is 1. The first-order chi connectivity index (χ1) is 7.67. The number of hydrogen-bond acceptors (Lipinski definition) is 3. The maximum absolute atomic E-state index is 11.8. The summed E-state index contributed by atoms with van der Waals surface area (Å²) in [6, 6.07) is 3.69. The van der Waals surface area contributed by atoms with Crippen molar-refractivity contribution >= 4 is 5.91 Å². The van der Waals surface area contributed by atoms with Crippen LogP contribution in [0, 0.1) is 5.92 Å². The molecule has 1 aromatic heterocycles. The summed E-state index contributed by atoms with van der Waals surface area (Å²) in [5.74, 6) is 1.21. The van der Waals surface area contributed by atoms with Crippen molar-refractivity contribution in [3.05, 3.63) is 24.2 Å². The lowest BCUT2D eigenvalue weighted by Crippen LogP contribution is -2.29. The van der Waals surface area contributed by atoms with Crippen LogP contribution in [0.2, 0.25) is 0 Å². The number of carbonyl (C=O) groups is 1. The fraction of sp³-hybridized carbons (Fsp3) is 0.583. The van der Waals surface area contributed by atoms with E-state index < -0.39 is 0 Å². The molecule has 2 N–H and O–H groups in total. The summed E-state index contributed by atoms with van der Waals surface area (Å²) in [6.07, 6.45) is 3.07. The van der Waals surface area contributed by atoms with Gasteiger partial charge in [0, 0.05) is 13.5 Å². The molecule has 0 aliphatic heterocycles. The first-order valence-corrected chi connectivity index (χ1v) is 5.63. The van der Waals surface area contributed by atoms with Crippen molar-refractivity contribution in [3.63, 3.8) is 0 Å². The molecule has 90 valence electrons. The third-order valence-corrected chi connectivity index (χ3v) is 2.77. The van der Waals surface area contributed by atoms with Crippen LogP contribution in [-0.4, -0.2) is 24.4 Å². The molecule has 0 saturated heterocycles. The molecule has 16 heavy (non-hydrogen) atoms. The molecule has 1 atom stereocenters. The third-order valence-electron chi connectivity index (χ3n) is 2.77. The number of furan rings is 1. The number of amides is 1. The predicted molar refractivity (Wildman–Crippen MR) is 62.6 cm³/mol. The molecule has 1 aromatic rings. The van der Waals surface area contributed by atoms with Crippen LogP contribution in [0.25, 0.3) is 0 Å². The molecule has 4 heteroatoms. The van der Waals surface area contributed by atoms with E-state index in [0.29, 0.717) is 19.5 Å². The average Bonchev–Trinajstić information content (AvgIpc) is 2.78. The van der Waals surface area contributed by atoms with Crippen molar-refractivity contribution in [2.24, 2.45) is 11.7 Å². The summed E-state index contributed by atoms with van der Waals surface area (Å²) in [4.78, 5) is 13.5. The molecule has 1 unspecified atom stereocenters. The van der Waals surface area contributed by atoms with Crippen molar-refractivity contribution in [1.29, 1.82) is 0 Å². The molecule has 1 rings (SSSR count). The Labute approximate surface area is 96.4 Å². The zero-order chi connectivity index (χ0) is 12.0. The zero-order valence-electron chi connectivity index (χ0n) is 9.98. The van der Waals surface area contributed by atoms with Gasteiger partial charge in [-0.2, -0.15) is 0 Å². The lowest BCUT2D eigenvalue weighted by Gasteiger charge is -2.19. The van der Waals surface area contributed by atoms with Gasteiger partial charge in [0.15, 0.2) is 0 Å². The fourth-order valence-corrected chi connectivity index (χ4v) is 1.52. The molecule has 0 aliphatic carbocycles. The Morgan fingerprint density at radius 3 is 2.88 bits per heavy atom. The quantitative estimate of drug-likeness (QED) is 0.798. The number of nitrogens with two attached hydrogens (primary N) is 1. The Morgan fingerprint density at radius 2 is 2.38 bits per heavy atom. The van der Waals surface area contributed by atoms with Crippen molar-refractivity contribution in [1.82, 2.24) is 4.90 Å². The standard InChI is InChI=1S/C12H20N2O2/c1-3-10(8-13)7-12(15)14(2)9-11-5-4-6-16-11/h4-6,10H,3,7-9,13H2,1-2H3.